The van der Waals surface area contributed by atoms with E-state index in [4.69, 9.17) is 0 Å². The van der Waals surface area contributed by atoms with E-state index >= 15 is 0 Å². The predicted molar refractivity (Wildman–Crippen MR) is 83.7 cm³/mol. The maximum Gasteiger partial charge on any atom is 0.129 e. The first-order valence-corrected chi connectivity index (χ1v) is 7.67. The number of hydrogen-bond acceptors (Lipinski definition) is 4. The number of aromatic nitrogens is 2. The van der Waals surface area contributed by atoms with Gasteiger partial charge in [-0.1, -0.05) is 26.0 Å². The highest BCUT2D eigenvalue weighted by Gasteiger charge is 1.96. The Morgan fingerprint density at radius 1 is 1.11 bits per heavy atom. The van der Waals surface area contributed by atoms with Crippen molar-refractivity contribution in [3.63, 3.8) is 0 Å². The smallest absolute Gasteiger partial charge is 0.129 e. The third-order valence-electron chi connectivity index (χ3n) is 2.41. The number of anilines is 1. The van der Waals surface area contributed by atoms with Crippen LogP contribution in [0.25, 0.3) is 0 Å². The van der Waals surface area contributed by atoms with Gasteiger partial charge in [-0.05, 0) is 36.9 Å². The summed E-state index contributed by atoms with van der Waals surface area (Å²) in [6.07, 6.45) is 3.85. The molecule has 0 aliphatic rings. The minimum absolute atomic E-state index is 0.783. The summed E-state index contributed by atoms with van der Waals surface area (Å²) < 4.78 is 0. The first-order chi connectivity index (χ1) is 9.28. The monoisotopic (exact) mass is 275 g/mol. The molecule has 1 heterocycles. The van der Waals surface area contributed by atoms with Gasteiger partial charge in [0, 0.05) is 17.6 Å². The highest BCUT2D eigenvalue weighted by atomic mass is 32.2. The van der Waals surface area contributed by atoms with Crippen LogP contribution in [0.1, 0.15) is 25.2 Å². The lowest BCUT2D eigenvalue weighted by Gasteiger charge is -2.06. The third kappa shape index (κ3) is 5.30. The molecular weight excluding hydrogens is 254 g/mol. The maximum absolute atomic E-state index is 4.30. The second-order valence-corrected chi connectivity index (χ2v) is 4.57. The Balaban J connectivity index is 0.000000861. The Hall–Kier alpha value is -1.55. The van der Waals surface area contributed by atoms with Crippen molar-refractivity contribution in [3.8, 4) is 0 Å². The third-order valence-corrected chi connectivity index (χ3v) is 3.15. The molecular formula is C15H21N3S. The summed E-state index contributed by atoms with van der Waals surface area (Å²) in [6, 6.07) is 10.4. The van der Waals surface area contributed by atoms with Crippen molar-refractivity contribution in [2.45, 2.75) is 32.2 Å². The standard InChI is InChI=1S/C13H15N3S.C2H6/c1-10-14-8-7-13(16-10)15-9-11-3-5-12(17-2)6-4-11;1-2/h3-8H,9H2,1-2H3,(H,14,15,16);1-2H3. The van der Waals surface area contributed by atoms with Crippen LogP contribution in [0.3, 0.4) is 0 Å². The fourth-order valence-electron chi connectivity index (χ4n) is 1.49. The number of rotatable bonds is 4. The van der Waals surface area contributed by atoms with Crippen LogP contribution in [-0.4, -0.2) is 16.2 Å². The van der Waals surface area contributed by atoms with Crippen LogP contribution in [0.5, 0.6) is 0 Å². The number of aryl methyl sites for hydroxylation is 1. The minimum Gasteiger partial charge on any atom is -0.366 e. The molecule has 0 amide bonds. The van der Waals surface area contributed by atoms with Gasteiger partial charge in [0.2, 0.25) is 0 Å². The van der Waals surface area contributed by atoms with Crippen LogP contribution >= 0.6 is 11.8 Å². The van der Waals surface area contributed by atoms with Crippen LogP contribution in [0.4, 0.5) is 5.82 Å². The Labute approximate surface area is 119 Å². The van der Waals surface area contributed by atoms with Gasteiger partial charge in [0.15, 0.2) is 0 Å². The molecule has 2 aromatic rings. The van der Waals surface area contributed by atoms with Gasteiger partial charge in [-0.25, -0.2) is 9.97 Å². The number of nitrogens with one attached hydrogen (secondary N) is 1. The van der Waals surface area contributed by atoms with Crippen LogP contribution in [0, 0.1) is 6.92 Å². The lowest BCUT2D eigenvalue weighted by molar-refractivity contribution is 1.02. The molecule has 0 atom stereocenters. The zero-order valence-electron chi connectivity index (χ0n) is 12.0. The topological polar surface area (TPSA) is 37.8 Å². The molecule has 0 bridgehead atoms. The molecule has 4 heteroatoms. The van der Waals surface area contributed by atoms with E-state index in [1.807, 2.05) is 26.8 Å². The summed E-state index contributed by atoms with van der Waals surface area (Å²) >= 11 is 1.75. The van der Waals surface area contributed by atoms with E-state index in [9.17, 15) is 0 Å². The van der Waals surface area contributed by atoms with Gasteiger partial charge in [0.05, 0.1) is 0 Å². The molecule has 0 fully saturated rings. The molecule has 0 spiro atoms. The van der Waals surface area contributed by atoms with Crippen LogP contribution < -0.4 is 5.32 Å². The van der Waals surface area contributed by atoms with Gasteiger partial charge < -0.3 is 5.32 Å². The average Bonchev–Trinajstić information content (AvgIpc) is 2.48. The van der Waals surface area contributed by atoms with Crippen molar-refractivity contribution in [3.05, 3.63) is 47.9 Å². The van der Waals surface area contributed by atoms with E-state index in [0.717, 1.165) is 18.2 Å². The van der Waals surface area contributed by atoms with Gasteiger partial charge in [0.25, 0.3) is 0 Å². The molecule has 3 nitrogen and oxygen atoms in total. The SMILES string of the molecule is CC.CSc1ccc(CNc2ccnc(C)n2)cc1. The average molecular weight is 275 g/mol. The lowest BCUT2D eigenvalue weighted by Crippen LogP contribution is -2.02. The van der Waals surface area contributed by atoms with Crippen molar-refractivity contribution in [1.82, 2.24) is 9.97 Å². The molecule has 0 saturated carbocycles. The Bertz CT molecular complexity index is 483. The fourth-order valence-corrected chi connectivity index (χ4v) is 1.90. The molecule has 0 aliphatic carbocycles. The largest absolute Gasteiger partial charge is 0.366 e. The van der Waals surface area contributed by atoms with Crippen LogP contribution in [0.2, 0.25) is 0 Å². The Morgan fingerprint density at radius 2 is 1.79 bits per heavy atom. The molecule has 0 aliphatic heterocycles. The van der Waals surface area contributed by atoms with Gasteiger partial charge in [0.1, 0.15) is 11.6 Å². The van der Waals surface area contributed by atoms with Crippen molar-refractivity contribution in [2.24, 2.45) is 0 Å². The minimum atomic E-state index is 0.783. The molecule has 102 valence electrons. The number of thioether (sulfide) groups is 1. The lowest BCUT2D eigenvalue weighted by atomic mass is 10.2. The van der Waals surface area contributed by atoms with Crippen molar-refractivity contribution in [2.75, 3.05) is 11.6 Å². The number of benzene rings is 1. The zero-order chi connectivity index (χ0) is 14.1. The molecule has 19 heavy (non-hydrogen) atoms. The molecule has 2 rings (SSSR count). The van der Waals surface area contributed by atoms with E-state index in [-0.39, 0.29) is 0 Å². The Kier molecular flexibility index (Phi) is 6.97. The maximum atomic E-state index is 4.30. The van der Waals surface area contributed by atoms with Gasteiger partial charge in [-0.15, -0.1) is 11.8 Å². The van der Waals surface area contributed by atoms with Gasteiger partial charge in [-0.3, -0.25) is 0 Å². The van der Waals surface area contributed by atoms with Crippen molar-refractivity contribution in [1.29, 1.82) is 0 Å². The van der Waals surface area contributed by atoms with Crippen LogP contribution in [0.15, 0.2) is 41.4 Å². The van der Waals surface area contributed by atoms with Crippen molar-refractivity contribution < 1.29 is 0 Å². The molecule has 0 unspecified atom stereocenters. The first-order valence-electron chi connectivity index (χ1n) is 6.44. The second-order valence-electron chi connectivity index (χ2n) is 3.69. The highest BCUT2D eigenvalue weighted by Crippen LogP contribution is 2.15. The first kappa shape index (κ1) is 15.5. The van der Waals surface area contributed by atoms with E-state index in [1.165, 1.54) is 10.5 Å². The summed E-state index contributed by atoms with van der Waals surface area (Å²) in [7, 11) is 0. The number of nitrogens with zero attached hydrogens (tertiary/aromatic N) is 2. The molecule has 1 aromatic carbocycles. The highest BCUT2D eigenvalue weighted by molar-refractivity contribution is 7.98. The van der Waals surface area contributed by atoms with E-state index in [0.29, 0.717) is 0 Å². The molecule has 0 saturated heterocycles. The fraction of sp³-hybridized carbons (Fsp3) is 0.333. The van der Waals surface area contributed by atoms with E-state index < -0.39 is 0 Å². The summed E-state index contributed by atoms with van der Waals surface area (Å²) in [4.78, 5) is 9.64. The molecule has 0 radical (unpaired) electrons. The Morgan fingerprint density at radius 3 is 2.37 bits per heavy atom. The molecule has 1 aromatic heterocycles. The summed E-state index contributed by atoms with van der Waals surface area (Å²) in [5.41, 5.74) is 1.25. The number of hydrogen-bond donors (Lipinski definition) is 1. The van der Waals surface area contributed by atoms with Gasteiger partial charge in [-0.2, -0.15) is 0 Å². The molecule has 1 N–H and O–H groups in total. The van der Waals surface area contributed by atoms with Crippen molar-refractivity contribution >= 4 is 17.6 Å². The predicted octanol–water partition coefficient (Wildman–Crippen LogP) is 4.15. The quantitative estimate of drug-likeness (QED) is 0.851. The van der Waals surface area contributed by atoms with Gasteiger partial charge >= 0.3 is 0 Å². The summed E-state index contributed by atoms with van der Waals surface area (Å²) in [5.74, 6) is 1.65. The summed E-state index contributed by atoms with van der Waals surface area (Å²) in [6.45, 7) is 6.67. The van der Waals surface area contributed by atoms with E-state index in [1.54, 1.807) is 18.0 Å². The summed E-state index contributed by atoms with van der Waals surface area (Å²) in [5, 5.41) is 3.28. The second kappa shape index (κ2) is 8.53. The normalized spacial score (nSPS) is 9.47. The van der Waals surface area contributed by atoms with Crippen LogP contribution in [-0.2, 0) is 6.54 Å². The van der Waals surface area contributed by atoms with E-state index in [2.05, 4.69) is 45.8 Å². The zero-order valence-corrected chi connectivity index (χ0v) is 12.8.